The number of benzene rings is 1. The Balaban J connectivity index is 1.69. The number of rotatable bonds is 2. The number of pyridine rings is 1. The number of hydrogen-bond donors (Lipinski definition) is 2. The predicted molar refractivity (Wildman–Crippen MR) is 94.2 cm³/mol. The van der Waals surface area contributed by atoms with Crippen LogP contribution in [0.3, 0.4) is 0 Å². The van der Waals surface area contributed by atoms with Gasteiger partial charge < -0.3 is 10.6 Å². The summed E-state index contributed by atoms with van der Waals surface area (Å²) >= 11 is 5.88. The highest BCUT2D eigenvalue weighted by Gasteiger charge is 2.23. The average molecular weight is 359 g/mol. The van der Waals surface area contributed by atoms with Crippen LogP contribution in [0, 0.1) is 5.82 Å². The van der Waals surface area contributed by atoms with E-state index in [0.717, 1.165) is 40.7 Å². The van der Waals surface area contributed by atoms with E-state index >= 15 is 0 Å². The van der Waals surface area contributed by atoms with Crippen molar-refractivity contribution in [1.29, 1.82) is 0 Å². The third-order valence-electron chi connectivity index (χ3n) is 4.42. The Morgan fingerprint density at radius 1 is 1.36 bits per heavy atom. The summed E-state index contributed by atoms with van der Waals surface area (Å²) in [5.74, 6) is -0.301. The smallest absolute Gasteiger partial charge is 0.326 e. The van der Waals surface area contributed by atoms with E-state index in [4.69, 9.17) is 11.6 Å². The largest absolute Gasteiger partial charge is 0.333 e. The average Bonchev–Trinajstić information content (AvgIpc) is 2.94. The standard InChI is InChI=1S/C18H16ClFN4O/c19-17-7-11(3-6-22-17)9-23-18(25)24-15-2-1-12(20)8-13(15)14-10-21-5-4-16(14)24/h1-3,6-8,21H,4-5,9-10H2,(H,23,25). The molecule has 128 valence electrons. The molecule has 3 aromatic rings. The lowest BCUT2D eigenvalue weighted by Crippen LogP contribution is -2.32. The molecule has 1 aliphatic rings. The van der Waals surface area contributed by atoms with Crippen molar-refractivity contribution in [2.75, 3.05) is 6.54 Å². The second kappa shape index (κ2) is 6.46. The molecule has 0 atom stereocenters. The topological polar surface area (TPSA) is 59.0 Å². The third-order valence-corrected chi connectivity index (χ3v) is 4.63. The zero-order valence-electron chi connectivity index (χ0n) is 13.4. The fourth-order valence-electron chi connectivity index (χ4n) is 3.30. The Morgan fingerprint density at radius 3 is 3.08 bits per heavy atom. The van der Waals surface area contributed by atoms with Crippen molar-refractivity contribution in [3.63, 3.8) is 0 Å². The number of carbonyl (C=O) groups excluding carboxylic acids is 1. The molecule has 7 heteroatoms. The molecule has 0 radical (unpaired) electrons. The Bertz CT molecular complexity index is 969. The maximum atomic E-state index is 13.7. The second-order valence-corrected chi connectivity index (χ2v) is 6.38. The maximum absolute atomic E-state index is 13.7. The molecule has 0 saturated carbocycles. The van der Waals surface area contributed by atoms with E-state index in [2.05, 4.69) is 15.6 Å². The van der Waals surface area contributed by atoms with Crippen LogP contribution in [0.1, 0.15) is 16.8 Å². The molecule has 1 aromatic carbocycles. The molecule has 2 aromatic heterocycles. The van der Waals surface area contributed by atoms with E-state index in [9.17, 15) is 9.18 Å². The lowest BCUT2D eigenvalue weighted by molar-refractivity contribution is 0.242. The molecule has 0 bridgehead atoms. The zero-order chi connectivity index (χ0) is 17.4. The summed E-state index contributed by atoms with van der Waals surface area (Å²) in [5, 5.41) is 7.36. The van der Waals surface area contributed by atoms with E-state index in [-0.39, 0.29) is 11.8 Å². The fourth-order valence-corrected chi connectivity index (χ4v) is 3.50. The van der Waals surface area contributed by atoms with Crippen LogP contribution in [-0.4, -0.2) is 22.1 Å². The Kier molecular flexibility index (Phi) is 4.15. The van der Waals surface area contributed by atoms with Crippen molar-refractivity contribution < 1.29 is 9.18 Å². The van der Waals surface area contributed by atoms with Crippen LogP contribution in [0.25, 0.3) is 10.9 Å². The summed E-state index contributed by atoms with van der Waals surface area (Å²) in [6, 6.07) is 7.82. The molecule has 0 spiro atoms. The van der Waals surface area contributed by atoms with E-state index < -0.39 is 0 Å². The third kappa shape index (κ3) is 2.99. The van der Waals surface area contributed by atoms with E-state index in [1.54, 1.807) is 29.0 Å². The van der Waals surface area contributed by atoms with Gasteiger partial charge in [0, 0.05) is 43.3 Å². The molecule has 0 unspecified atom stereocenters. The molecule has 1 aliphatic heterocycles. The van der Waals surface area contributed by atoms with Crippen molar-refractivity contribution >= 4 is 28.5 Å². The Labute approximate surface area is 148 Å². The van der Waals surface area contributed by atoms with Crippen molar-refractivity contribution in [2.24, 2.45) is 0 Å². The van der Waals surface area contributed by atoms with Gasteiger partial charge in [-0.2, -0.15) is 0 Å². The first-order valence-electron chi connectivity index (χ1n) is 8.04. The monoisotopic (exact) mass is 358 g/mol. The van der Waals surface area contributed by atoms with Gasteiger partial charge in [0.1, 0.15) is 11.0 Å². The molecule has 1 amide bonds. The minimum Gasteiger partial charge on any atom is -0.333 e. The number of carbonyl (C=O) groups is 1. The van der Waals surface area contributed by atoms with E-state index in [1.165, 1.54) is 12.1 Å². The second-order valence-electron chi connectivity index (χ2n) is 5.99. The minimum atomic E-state index is -0.301. The van der Waals surface area contributed by atoms with Crippen LogP contribution in [-0.2, 0) is 19.5 Å². The van der Waals surface area contributed by atoms with Gasteiger partial charge in [0.25, 0.3) is 0 Å². The van der Waals surface area contributed by atoms with Gasteiger partial charge in [-0.05, 0) is 41.5 Å². The number of nitrogens with zero attached hydrogens (tertiary/aromatic N) is 2. The molecular formula is C18H16ClFN4O. The number of halogens is 2. The number of amides is 1. The fraction of sp³-hybridized carbons (Fsp3) is 0.222. The van der Waals surface area contributed by atoms with Crippen LogP contribution < -0.4 is 10.6 Å². The molecule has 4 rings (SSSR count). The normalized spacial score (nSPS) is 13.7. The molecule has 0 saturated heterocycles. The van der Waals surface area contributed by atoms with Crippen LogP contribution in [0.2, 0.25) is 5.15 Å². The van der Waals surface area contributed by atoms with Crippen LogP contribution in [0.15, 0.2) is 36.5 Å². The molecule has 3 heterocycles. The highest BCUT2D eigenvalue weighted by molar-refractivity contribution is 6.29. The summed E-state index contributed by atoms with van der Waals surface area (Å²) in [5.41, 5.74) is 3.51. The number of nitrogens with one attached hydrogen (secondary N) is 2. The Morgan fingerprint density at radius 2 is 2.24 bits per heavy atom. The van der Waals surface area contributed by atoms with Gasteiger partial charge in [-0.15, -0.1) is 0 Å². The van der Waals surface area contributed by atoms with Crippen LogP contribution in [0.4, 0.5) is 9.18 Å². The van der Waals surface area contributed by atoms with Crippen molar-refractivity contribution in [3.05, 3.63) is 64.3 Å². The van der Waals surface area contributed by atoms with Gasteiger partial charge in [0.15, 0.2) is 0 Å². The highest BCUT2D eigenvalue weighted by Crippen LogP contribution is 2.29. The first-order valence-corrected chi connectivity index (χ1v) is 8.42. The van der Waals surface area contributed by atoms with E-state index in [1.807, 2.05) is 0 Å². The minimum absolute atomic E-state index is 0.229. The summed E-state index contributed by atoms with van der Waals surface area (Å²) < 4.78 is 15.3. The Hall–Kier alpha value is -2.44. The van der Waals surface area contributed by atoms with Crippen LogP contribution >= 0.6 is 11.6 Å². The maximum Gasteiger partial charge on any atom is 0.326 e. The van der Waals surface area contributed by atoms with Gasteiger partial charge in [0.05, 0.1) is 5.52 Å². The lowest BCUT2D eigenvalue weighted by atomic mass is 10.1. The molecule has 0 aliphatic carbocycles. The molecule has 2 N–H and O–H groups in total. The van der Waals surface area contributed by atoms with Crippen LogP contribution in [0.5, 0.6) is 0 Å². The molecular weight excluding hydrogens is 343 g/mol. The summed E-state index contributed by atoms with van der Waals surface area (Å²) in [6.07, 6.45) is 2.32. The summed E-state index contributed by atoms with van der Waals surface area (Å²) in [4.78, 5) is 16.8. The van der Waals surface area contributed by atoms with E-state index in [0.29, 0.717) is 18.2 Å². The highest BCUT2D eigenvalue weighted by atomic mass is 35.5. The molecule has 25 heavy (non-hydrogen) atoms. The van der Waals surface area contributed by atoms with Gasteiger partial charge in [-0.1, -0.05) is 11.6 Å². The SMILES string of the molecule is O=C(NCc1ccnc(Cl)c1)n1c2c(c3cc(F)ccc31)CNCC2. The zero-order valence-corrected chi connectivity index (χ0v) is 14.1. The first-order chi connectivity index (χ1) is 12.1. The lowest BCUT2D eigenvalue weighted by Gasteiger charge is -2.16. The first kappa shape index (κ1) is 16.1. The van der Waals surface area contributed by atoms with Crippen molar-refractivity contribution in [3.8, 4) is 0 Å². The summed E-state index contributed by atoms with van der Waals surface area (Å²) in [6.45, 7) is 1.77. The number of fused-ring (bicyclic) bond motifs is 3. The molecule has 0 fully saturated rings. The van der Waals surface area contributed by atoms with Crippen molar-refractivity contribution in [2.45, 2.75) is 19.5 Å². The number of aromatic nitrogens is 2. The quantitative estimate of drug-likeness (QED) is 0.691. The van der Waals surface area contributed by atoms with Crippen molar-refractivity contribution in [1.82, 2.24) is 20.2 Å². The molecule has 5 nitrogen and oxygen atoms in total. The van der Waals surface area contributed by atoms with Gasteiger partial charge in [0.2, 0.25) is 0 Å². The van der Waals surface area contributed by atoms with Gasteiger partial charge >= 0.3 is 6.03 Å². The predicted octanol–water partition coefficient (Wildman–Crippen LogP) is 3.23. The number of hydrogen-bond acceptors (Lipinski definition) is 3. The van der Waals surface area contributed by atoms with Gasteiger partial charge in [-0.25, -0.2) is 14.2 Å². The summed E-state index contributed by atoms with van der Waals surface area (Å²) in [7, 11) is 0. The van der Waals surface area contributed by atoms with Gasteiger partial charge in [-0.3, -0.25) is 4.57 Å².